The molecule has 0 aromatic rings. The zero-order chi connectivity index (χ0) is 13.0. The summed E-state index contributed by atoms with van der Waals surface area (Å²) in [7, 11) is 0. The highest BCUT2D eigenvalue weighted by atomic mass is 35.5. The number of morpholine rings is 2. The van der Waals surface area contributed by atoms with Gasteiger partial charge in [0.05, 0.1) is 24.9 Å². The summed E-state index contributed by atoms with van der Waals surface area (Å²) in [5.74, 6) is 0.581. The third-order valence-corrected chi connectivity index (χ3v) is 3.90. The molecule has 1 unspecified atom stereocenters. The highest BCUT2D eigenvalue weighted by molar-refractivity contribution is 6.18. The van der Waals surface area contributed by atoms with Gasteiger partial charge in [0.15, 0.2) is 0 Å². The summed E-state index contributed by atoms with van der Waals surface area (Å²) in [4.78, 5) is 4.95. The van der Waals surface area contributed by atoms with Crippen molar-refractivity contribution in [1.29, 1.82) is 0 Å². The van der Waals surface area contributed by atoms with Crippen molar-refractivity contribution in [3.63, 3.8) is 0 Å². The van der Waals surface area contributed by atoms with Gasteiger partial charge in [0.1, 0.15) is 0 Å². The van der Waals surface area contributed by atoms with E-state index in [0.29, 0.717) is 5.88 Å². The minimum Gasteiger partial charge on any atom is -0.379 e. The van der Waals surface area contributed by atoms with E-state index >= 15 is 0 Å². The number of hydrogen-bond donors (Lipinski definition) is 0. The van der Waals surface area contributed by atoms with Crippen molar-refractivity contribution < 1.29 is 9.47 Å². The smallest absolute Gasteiger partial charge is 0.0844 e. The summed E-state index contributed by atoms with van der Waals surface area (Å²) in [6, 6.07) is 0. The van der Waals surface area contributed by atoms with E-state index in [1.165, 1.54) is 0 Å². The first-order chi connectivity index (χ1) is 8.59. The van der Waals surface area contributed by atoms with E-state index in [4.69, 9.17) is 21.1 Å². The second kappa shape index (κ2) is 6.53. The molecule has 0 spiro atoms. The van der Waals surface area contributed by atoms with Crippen molar-refractivity contribution in [3.05, 3.63) is 0 Å². The maximum atomic E-state index is 5.94. The van der Waals surface area contributed by atoms with Gasteiger partial charge in [0.2, 0.25) is 0 Å². The maximum absolute atomic E-state index is 5.94. The molecule has 5 heteroatoms. The van der Waals surface area contributed by atoms with Gasteiger partial charge < -0.3 is 9.47 Å². The van der Waals surface area contributed by atoms with Crippen molar-refractivity contribution in [2.24, 2.45) is 0 Å². The Kier molecular flexibility index (Phi) is 5.27. The van der Waals surface area contributed by atoms with Gasteiger partial charge >= 0.3 is 0 Å². The summed E-state index contributed by atoms with van der Waals surface area (Å²) < 4.78 is 11.3. The minimum atomic E-state index is -0.0805. The van der Waals surface area contributed by atoms with Crippen molar-refractivity contribution in [3.8, 4) is 0 Å². The molecule has 1 atom stereocenters. The third-order valence-electron chi connectivity index (χ3n) is 3.56. The van der Waals surface area contributed by atoms with Gasteiger partial charge in [-0.15, -0.1) is 11.6 Å². The van der Waals surface area contributed by atoms with E-state index in [1.54, 1.807) is 0 Å². The fourth-order valence-electron chi connectivity index (χ4n) is 2.78. The van der Waals surface area contributed by atoms with E-state index in [1.807, 2.05) is 0 Å². The van der Waals surface area contributed by atoms with Crippen LogP contribution in [0.5, 0.6) is 0 Å². The first kappa shape index (κ1) is 14.5. The van der Waals surface area contributed by atoms with Gasteiger partial charge in [0, 0.05) is 45.1 Å². The molecule has 2 rings (SSSR count). The second-order valence-corrected chi connectivity index (χ2v) is 6.15. The van der Waals surface area contributed by atoms with Crippen LogP contribution in [0.15, 0.2) is 0 Å². The molecule has 106 valence electrons. The van der Waals surface area contributed by atoms with Crippen LogP contribution in [0.1, 0.15) is 13.8 Å². The predicted molar refractivity (Wildman–Crippen MR) is 73.4 cm³/mol. The number of nitrogens with zero attached hydrogens (tertiary/aromatic N) is 2. The summed E-state index contributed by atoms with van der Waals surface area (Å²) >= 11 is 5.94. The van der Waals surface area contributed by atoms with E-state index in [-0.39, 0.29) is 11.7 Å². The Morgan fingerprint density at radius 1 is 1.17 bits per heavy atom. The molecule has 2 heterocycles. The lowest BCUT2D eigenvalue weighted by Crippen LogP contribution is -2.55. The largest absolute Gasteiger partial charge is 0.379 e. The van der Waals surface area contributed by atoms with E-state index in [0.717, 1.165) is 52.5 Å². The first-order valence-corrected chi connectivity index (χ1v) is 7.39. The molecule has 0 radical (unpaired) electrons. The Morgan fingerprint density at radius 3 is 2.50 bits per heavy atom. The lowest BCUT2D eigenvalue weighted by atomic mass is 10.1. The topological polar surface area (TPSA) is 24.9 Å². The van der Waals surface area contributed by atoms with Crippen molar-refractivity contribution in [2.75, 3.05) is 58.4 Å². The highest BCUT2D eigenvalue weighted by Crippen LogP contribution is 2.21. The van der Waals surface area contributed by atoms with Crippen LogP contribution in [0.3, 0.4) is 0 Å². The molecule has 18 heavy (non-hydrogen) atoms. The Morgan fingerprint density at radius 2 is 1.83 bits per heavy atom. The monoisotopic (exact) mass is 276 g/mol. The van der Waals surface area contributed by atoms with Crippen LogP contribution in [0, 0.1) is 0 Å². The number of ether oxygens (including phenoxy) is 2. The molecule has 0 bridgehead atoms. The molecule has 2 saturated heterocycles. The lowest BCUT2D eigenvalue weighted by Gasteiger charge is -2.43. The quantitative estimate of drug-likeness (QED) is 0.717. The summed E-state index contributed by atoms with van der Waals surface area (Å²) in [5.41, 5.74) is -0.0805. The predicted octanol–water partition coefficient (Wildman–Crippen LogP) is 1.04. The average molecular weight is 277 g/mol. The molecule has 4 nitrogen and oxygen atoms in total. The minimum absolute atomic E-state index is 0.0805. The molecule has 2 fully saturated rings. The SMILES string of the molecule is CC1(C)CN(CCN2CCOCC2)CC(CCl)O1. The fourth-order valence-corrected chi connectivity index (χ4v) is 2.94. The van der Waals surface area contributed by atoms with Gasteiger partial charge in [-0.3, -0.25) is 9.80 Å². The molecule has 0 saturated carbocycles. The Balaban J connectivity index is 1.77. The van der Waals surface area contributed by atoms with E-state index in [2.05, 4.69) is 23.6 Å². The molecule has 0 aromatic carbocycles. The zero-order valence-corrected chi connectivity index (χ0v) is 12.3. The normalized spacial score (nSPS) is 30.5. The Hall–Kier alpha value is 0.130. The molecule has 0 aliphatic carbocycles. The van der Waals surface area contributed by atoms with Gasteiger partial charge in [0.25, 0.3) is 0 Å². The van der Waals surface area contributed by atoms with Gasteiger partial charge in [-0.05, 0) is 13.8 Å². The maximum Gasteiger partial charge on any atom is 0.0844 e. The molecular weight excluding hydrogens is 252 g/mol. The number of rotatable bonds is 4. The van der Waals surface area contributed by atoms with Crippen molar-refractivity contribution >= 4 is 11.6 Å². The Labute approximate surface area is 115 Å². The standard InChI is InChI=1S/C13H25ClN2O2/c1-13(2)11-16(10-12(9-14)18-13)4-3-15-5-7-17-8-6-15/h12H,3-11H2,1-2H3. The summed E-state index contributed by atoms with van der Waals surface area (Å²) in [6.45, 7) is 12.3. The molecule has 0 aromatic heterocycles. The van der Waals surface area contributed by atoms with Gasteiger partial charge in [-0.25, -0.2) is 0 Å². The molecule has 0 N–H and O–H groups in total. The van der Waals surface area contributed by atoms with Crippen LogP contribution in [0.4, 0.5) is 0 Å². The van der Waals surface area contributed by atoms with Crippen molar-refractivity contribution in [2.45, 2.75) is 25.6 Å². The average Bonchev–Trinajstić information content (AvgIpc) is 2.36. The van der Waals surface area contributed by atoms with Crippen LogP contribution in [0.25, 0.3) is 0 Å². The van der Waals surface area contributed by atoms with Crippen LogP contribution >= 0.6 is 11.6 Å². The van der Waals surface area contributed by atoms with Crippen LogP contribution in [-0.4, -0.2) is 79.9 Å². The number of alkyl halides is 1. The highest BCUT2D eigenvalue weighted by Gasteiger charge is 2.32. The van der Waals surface area contributed by atoms with Crippen LogP contribution < -0.4 is 0 Å². The third kappa shape index (κ3) is 4.35. The lowest BCUT2D eigenvalue weighted by molar-refractivity contribution is -0.128. The fraction of sp³-hybridized carbons (Fsp3) is 1.00. The molecular formula is C13H25ClN2O2. The number of halogens is 1. The van der Waals surface area contributed by atoms with E-state index in [9.17, 15) is 0 Å². The van der Waals surface area contributed by atoms with Crippen molar-refractivity contribution in [1.82, 2.24) is 9.80 Å². The van der Waals surface area contributed by atoms with Crippen LogP contribution in [0.2, 0.25) is 0 Å². The van der Waals surface area contributed by atoms with Crippen LogP contribution in [-0.2, 0) is 9.47 Å². The molecule has 2 aliphatic rings. The summed E-state index contributed by atoms with van der Waals surface area (Å²) in [6.07, 6.45) is 0.167. The number of hydrogen-bond acceptors (Lipinski definition) is 4. The van der Waals surface area contributed by atoms with E-state index < -0.39 is 0 Å². The van der Waals surface area contributed by atoms with Gasteiger partial charge in [-0.2, -0.15) is 0 Å². The molecule has 2 aliphatic heterocycles. The molecule has 0 amide bonds. The first-order valence-electron chi connectivity index (χ1n) is 6.85. The zero-order valence-electron chi connectivity index (χ0n) is 11.5. The Bertz CT molecular complexity index is 257. The second-order valence-electron chi connectivity index (χ2n) is 5.84. The van der Waals surface area contributed by atoms with Gasteiger partial charge in [-0.1, -0.05) is 0 Å². The summed E-state index contributed by atoms with van der Waals surface area (Å²) in [5, 5.41) is 0.